The zero-order chi connectivity index (χ0) is 22.4. The minimum Gasteiger partial charge on any atom is -0.337 e. The number of fused-ring (bicyclic) bond motifs is 1. The summed E-state index contributed by atoms with van der Waals surface area (Å²) < 4.78 is 40.1. The minimum absolute atomic E-state index is 0.0432. The van der Waals surface area contributed by atoms with E-state index in [-0.39, 0.29) is 17.4 Å². The predicted octanol–water partition coefficient (Wildman–Crippen LogP) is 4.60. The highest BCUT2D eigenvalue weighted by molar-refractivity contribution is 5.94. The van der Waals surface area contributed by atoms with E-state index in [2.05, 4.69) is 35.9 Å². The molecule has 168 valence electrons. The van der Waals surface area contributed by atoms with E-state index in [9.17, 15) is 18.0 Å². The Kier molecular flexibility index (Phi) is 5.62. The van der Waals surface area contributed by atoms with Crippen molar-refractivity contribution < 1.29 is 18.0 Å². The number of benzene rings is 1. The molecule has 2 aromatic rings. The van der Waals surface area contributed by atoms with Gasteiger partial charge >= 0.3 is 6.18 Å². The van der Waals surface area contributed by atoms with Crippen molar-refractivity contribution in [2.75, 3.05) is 19.6 Å². The molecule has 0 unspecified atom stereocenters. The van der Waals surface area contributed by atoms with Gasteiger partial charge in [-0.05, 0) is 57.6 Å². The maximum absolute atomic E-state index is 13.4. The van der Waals surface area contributed by atoms with Gasteiger partial charge in [0.05, 0.1) is 11.3 Å². The third-order valence-corrected chi connectivity index (χ3v) is 6.57. The Balaban J connectivity index is 1.44. The monoisotopic (exact) mass is 434 g/mol. The van der Waals surface area contributed by atoms with Crippen molar-refractivity contribution in [3.05, 3.63) is 52.3 Å². The first-order valence-electron chi connectivity index (χ1n) is 10.8. The van der Waals surface area contributed by atoms with Gasteiger partial charge < -0.3 is 4.90 Å². The Morgan fingerprint density at radius 3 is 2.42 bits per heavy atom. The Hall–Kier alpha value is -2.35. The smallest absolute Gasteiger partial charge is 0.337 e. The van der Waals surface area contributed by atoms with Crippen molar-refractivity contribution in [2.24, 2.45) is 0 Å². The molecule has 1 fully saturated rings. The molecule has 0 bridgehead atoms. The average molecular weight is 435 g/mol. The molecule has 0 spiro atoms. The Labute approximate surface area is 180 Å². The molecule has 4 rings (SSSR count). The lowest BCUT2D eigenvalue weighted by atomic mass is 9.86. The predicted molar refractivity (Wildman–Crippen MR) is 112 cm³/mol. The highest BCUT2D eigenvalue weighted by atomic mass is 19.4. The van der Waals surface area contributed by atoms with Gasteiger partial charge in [-0.25, -0.2) is 0 Å². The van der Waals surface area contributed by atoms with E-state index in [0.717, 1.165) is 36.8 Å². The van der Waals surface area contributed by atoms with E-state index in [0.29, 0.717) is 37.2 Å². The van der Waals surface area contributed by atoms with Crippen LogP contribution in [-0.4, -0.2) is 51.1 Å². The molecule has 1 aromatic carbocycles. The van der Waals surface area contributed by atoms with Crippen LogP contribution in [0, 0.1) is 0 Å². The van der Waals surface area contributed by atoms with Crippen LogP contribution in [0.15, 0.2) is 24.3 Å². The molecule has 1 amide bonds. The first kappa shape index (κ1) is 21.9. The van der Waals surface area contributed by atoms with Crippen molar-refractivity contribution in [3.63, 3.8) is 0 Å². The Bertz CT molecular complexity index is 952. The zero-order valence-corrected chi connectivity index (χ0v) is 18.2. The zero-order valence-electron chi connectivity index (χ0n) is 18.2. The van der Waals surface area contributed by atoms with E-state index in [1.807, 2.05) is 0 Å². The number of aromatic nitrogens is 2. The van der Waals surface area contributed by atoms with Gasteiger partial charge in [0.15, 0.2) is 5.69 Å². The second-order valence-corrected chi connectivity index (χ2v) is 9.52. The lowest BCUT2D eigenvalue weighted by Gasteiger charge is -2.38. The number of nitrogens with one attached hydrogen (secondary N) is 1. The molecule has 2 aliphatic heterocycles. The molecule has 1 saturated heterocycles. The Morgan fingerprint density at radius 2 is 1.77 bits per heavy atom. The molecule has 0 radical (unpaired) electrons. The van der Waals surface area contributed by atoms with E-state index in [1.54, 1.807) is 17.0 Å². The van der Waals surface area contributed by atoms with Crippen LogP contribution in [0.4, 0.5) is 13.2 Å². The fraction of sp³-hybridized carbons (Fsp3) is 0.565. The molecular formula is C23H29F3N4O. The van der Waals surface area contributed by atoms with Crippen molar-refractivity contribution in [1.82, 2.24) is 20.0 Å². The molecule has 0 atom stereocenters. The van der Waals surface area contributed by atoms with Crippen molar-refractivity contribution in [2.45, 2.75) is 64.2 Å². The van der Waals surface area contributed by atoms with Crippen LogP contribution in [0.5, 0.6) is 0 Å². The quantitative estimate of drug-likeness (QED) is 0.751. The number of carbonyl (C=O) groups excluding carboxylic acids is 1. The van der Waals surface area contributed by atoms with Crippen LogP contribution < -0.4 is 0 Å². The molecule has 1 aromatic heterocycles. The SMILES string of the molecule is CC(C)(C)N1CCc2c(C(=O)N3CCC(c4ccccc4C(F)(F)F)CC3)n[nH]c2C1. The van der Waals surface area contributed by atoms with Crippen molar-refractivity contribution >= 4 is 5.91 Å². The molecule has 8 heteroatoms. The summed E-state index contributed by atoms with van der Waals surface area (Å²) in [6, 6.07) is 5.78. The number of rotatable bonds is 2. The first-order valence-corrected chi connectivity index (χ1v) is 10.8. The number of amides is 1. The van der Waals surface area contributed by atoms with Gasteiger partial charge in [-0.2, -0.15) is 18.3 Å². The topological polar surface area (TPSA) is 52.2 Å². The van der Waals surface area contributed by atoms with E-state index < -0.39 is 11.7 Å². The maximum Gasteiger partial charge on any atom is 0.416 e. The highest BCUT2D eigenvalue weighted by Gasteiger charge is 2.37. The van der Waals surface area contributed by atoms with Crippen LogP contribution in [0.2, 0.25) is 0 Å². The summed E-state index contributed by atoms with van der Waals surface area (Å²) in [7, 11) is 0. The number of likely N-dealkylation sites (tertiary alicyclic amines) is 1. The fourth-order valence-electron chi connectivity index (χ4n) is 4.72. The van der Waals surface area contributed by atoms with Gasteiger partial charge in [-0.1, -0.05) is 18.2 Å². The number of hydrogen-bond acceptors (Lipinski definition) is 3. The number of alkyl halides is 3. The van der Waals surface area contributed by atoms with Gasteiger partial charge in [0.25, 0.3) is 5.91 Å². The average Bonchev–Trinajstić information content (AvgIpc) is 3.15. The van der Waals surface area contributed by atoms with E-state index >= 15 is 0 Å². The van der Waals surface area contributed by atoms with Gasteiger partial charge in [0, 0.05) is 37.3 Å². The molecular weight excluding hydrogens is 405 g/mol. The molecule has 3 heterocycles. The summed E-state index contributed by atoms with van der Waals surface area (Å²) >= 11 is 0. The molecule has 2 aliphatic rings. The van der Waals surface area contributed by atoms with Crippen LogP contribution in [0.1, 0.15) is 72.4 Å². The van der Waals surface area contributed by atoms with E-state index in [1.165, 1.54) is 6.07 Å². The molecule has 31 heavy (non-hydrogen) atoms. The number of nitrogens with zero attached hydrogens (tertiary/aromatic N) is 3. The third-order valence-electron chi connectivity index (χ3n) is 6.57. The van der Waals surface area contributed by atoms with Gasteiger partial charge in [0.1, 0.15) is 0 Å². The van der Waals surface area contributed by atoms with Crippen molar-refractivity contribution in [1.29, 1.82) is 0 Å². The van der Waals surface area contributed by atoms with Crippen LogP contribution in [-0.2, 0) is 19.1 Å². The van der Waals surface area contributed by atoms with Crippen LogP contribution >= 0.6 is 0 Å². The normalized spacial score (nSPS) is 18.8. The molecule has 5 nitrogen and oxygen atoms in total. The highest BCUT2D eigenvalue weighted by Crippen LogP contribution is 2.39. The third kappa shape index (κ3) is 4.35. The summed E-state index contributed by atoms with van der Waals surface area (Å²) in [5.74, 6) is -0.320. The number of carbonyl (C=O) groups is 1. The summed E-state index contributed by atoms with van der Waals surface area (Å²) in [6.07, 6.45) is -2.56. The van der Waals surface area contributed by atoms with Gasteiger partial charge in [-0.15, -0.1) is 0 Å². The fourth-order valence-corrected chi connectivity index (χ4v) is 4.72. The molecule has 1 N–H and O–H groups in total. The number of hydrogen-bond donors (Lipinski definition) is 1. The first-order chi connectivity index (χ1) is 14.6. The van der Waals surface area contributed by atoms with E-state index in [4.69, 9.17) is 0 Å². The summed E-state index contributed by atoms with van der Waals surface area (Å²) in [6.45, 7) is 8.98. The number of piperidine rings is 1. The standard InChI is InChI=1S/C23H29F3N4O/c1-22(2,3)30-13-10-17-19(14-30)27-28-20(17)21(31)29-11-8-15(9-12-29)16-6-4-5-7-18(16)23(24,25)26/h4-7,15H,8-14H2,1-3H3,(H,27,28). The lowest BCUT2D eigenvalue weighted by Crippen LogP contribution is -2.44. The summed E-state index contributed by atoms with van der Waals surface area (Å²) in [5.41, 5.74) is 2.25. The van der Waals surface area contributed by atoms with Crippen molar-refractivity contribution in [3.8, 4) is 0 Å². The second-order valence-electron chi connectivity index (χ2n) is 9.52. The largest absolute Gasteiger partial charge is 0.416 e. The second kappa shape index (κ2) is 7.97. The summed E-state index contributed by atoms with van der Waals surface area (Å²) in [4.78, 5) is 17.2. The minimum atomic E-state index is -4.36. The van der Waals surface area contributed by atoms with Gasteiger partial charge in [-0.3, -0.25) is 14.8 Å². The molecule has 0 saturated carbocycles. The lowest BCUT2D eigenvalue weighted by molar-refractivity contribution is -0.138. The Morgan fingerprint density at radius 1 is 1.10 bits per heavy atom. The maximum atomic E-state index is 13.4. The number of halogens is 3. The number of H-pyrrole nitrogens is 1. The van der Waals surface area contributed by atoms with Gasteiger partial charge in [0.2, 0.25) is 0 Å². The number of aromatic amines is 1. The van der Waals surface area contributed by atoms with Crippen LogP contribution in [0.3, 0.4) is 0 Å². The summed E-state index contributed by atoms with van der Waals surface area (Å²) in [5, 5.41) is 7.36. The van der Waals surface area contributed by atoms with Crippen LogP contribution in [0.25, 0.3) is 0 Å². The molecule has 0 aliphatic carbocycles.